The Morgan fingerprint density at radius 1 is 1.22 bits per heavy atom. The predicted octanol–water partition coefficient (Wildman–Crippen LogP) is 3.16. The van der Waals surface area contributed by atoms with E-state index in [1.54, 1.807) is 11.0 Å². The van der Waals surface area contributed by atoms with Gasteiger partial charge in [-0.2, -0.15) is 0 Å². The quantitative estimate of drug-likeness (QED) is 0.456. The third kappa shape index (κ3) is 3.10. The highest BCUT2D eigenvalue weighted by atomic mass is 32.2. The minimum Gasteiger partial charge on any atom is -0.374 e. The molecule has 1 atom stereocenters. The lowest BCUT2D eigenvalue weighted by atomic mass is 9.97. The molecule has 1 spiro atoms. The third-order valence-corrected chi connectivity index (χ3v) is 7.25. The van der Waals surface area contributed by atoms with Crippen molar-refractivity contribution in [3.8, 4) is 0 Å². The highest BCUT2D eigenvalue weighted by Gasteiger charge is 2.59. The van der Waals surface area contributed by atoms with Crippen LogP contribution >= 0.6 is 23.1 Å². The number of fused-ring (bicyclic) bond motifs is 3. The first kappa shape index (κ1) is 20.7. The Morgan fingerprint density at radius 2 is 1.97 bits per heavy atom. The molecule has 0 saturated carbocycles. The number of nitrogen functional groups attached to an aromatic ring is 1. The summed E-state index contributed by atoms with van der Waals surface area (Å²) in [4.78, 5) is 30.6. The minimum absolute atomic E-state index is 0.0466. The molecule has 5 rings (SSSR count). The third-order valence-electron chi connectivity index (χ3n) is 5.38. The zero-order valence-corrected chi connectivity index (χ0v) is 18.6. The summed E-state index contributed by atoms with van der Waals surface area (Å²) in [6.07, 6.45) is 1.66. The molecule has 8 nitrogen and oxygen atoms in total. The number of benzene rings is 2. The van der Waals surface area contributed by atoms with Crippen LogP contribution in [0, 0.1) is 0 Å². The van der Waals surface area contributed by atoms with E-state index in [9.17, 15) is 9.59 Å². The van der Waals surface area contributed by atoms with E-state index in [1.807, 2.05) is 48.5 Å². The first-order valence-corrected chi connectivity index (χ1v) is 11.7. The van der Waals surface area contributed by atoms with Crippen LogP contribution in [-0.2, 0) is 26.7 Å². The van der Waals surface area contributed by atoms with Gasteiger partial charge in [-0.3, -0.25) is 14.5 Å². The number of carbonyl (C=O) groups excluding carboxylic acids is 2. The molecule has 2 N–H and O–H groups in total. The van der Waals surface area contributed by atoms with Crippen molar-refractivity contribution in [1.82, 2.24) is 10.2 Å². The fraction of sp³-hybridized carbons (Fsp3) is 0.182. The second-order valence-corrected chi connectivity index (χ2v) is 9.44. The van der Waals surface area contributed by atoms with Crippen LogP contribution in [-0.4, -0.2) is 34.3 Å². The summed E-state index contributed by atoms with van der Waals surface area (Å²) in [6.45, 7) is 4.30. The molecular weight excluding hydrogens is 446 g/mol. The predicted molar refractivity (Wildman–Crippen MR) is 124 cm³/mol. The number of nitrogens with two attached hydrogens (primary N) is 1. The Hall–Kier alpha value is -3.21. The number of aromatic nitrogens is 2. The zero-order chi connectivity index (χ0) is 22.3. The number of para-hydroxylation sites is 2. The molecule has 1 aromatic heterocycles. The molecule has 0 radical (unpaired) electrons. The maximum Gasteiger partial charge on any atom is 0.286 e. The van der Waals surface area contributed by atoms with E-state index >= 15 is 0 Å². The van der Waals surface area contributed by atoms with Crippen molar-refractivity contribution >= 4 is 51.4 Å². The molecule has 10 heteroatoms. The number of anilines is 3. The monoisotopic (exact) mass is 465 g/mol. The van der Waals surface area contributed by atoms with Gasteiger partial charge in [0.05, 0.1) is 23.7 Å². The minimum atomic E-state index is -1.58. The van der Waals surface area contributed by atoms with Gasteiger partial charge in [-0.15, -0.1) is 16.8 Å². The maximum absolute atomic E-state index is 13.8. The fourth-order valence-corrected chi connectivity index (χ4v) is 5.60. The van der Waals surface area contributed by atoms with Crippen LogP contribution in [0.4, 0.5) is 16.5 Å². The summed E-state index contributed by atoms with van der Waals surface area (Å²) >= 11 is 2.44. The van der Waals surface area contributed by atoms with Gasteiger partial charge in [0.15, 0.2) is 4.34 Å². The van der Waals surface area contributed by atoms with Crippen molar-refractivity contribution in [3.05, 3.63) is 72.3 Å². The largest absolute Gasteiger partial charge is 0.374 e. The van der Waals surface area contributed by atoms with Gasteiger partial charge in [-0.05, 0) is 12.1 Å². The number of hydrogen-bond donors (Lipinski definition) is 1. The lowest BCUT2D eigenvalue weighted by Crippen LogP contribution is -2.60. The summed E-state index contributed by atoms with van der Waals surface area (Å²) in [5.74, 6) is -0.545. The number of ether oxygens (including phenoxy) is 1. The van der Waals surface area contributed by atoms with E-state index in [-0.39, 0.29) is 24.2 Å². The average molecular weight is 466 g/mol. The summed E-state index contributed by atoms with van der Waals surface area (Å²) in [6, 6.07) is 14.9. The van der Waals surface area contributed by atoms with Crippen molar-refractivity contribution in [2.45, 2.75) is 16.7 Å². The first-order valence-electron chi connectivity index (χ1n) is 9.85. The van der Waals surface area contributed by atoms with E-state index in [1.165, 1.54) is 28.0 Å². The molecular formula is C22H19N5O3S2. The number of rotatable bonds is 5. The lowest BCUT2D eigenvalue weighted by Gasteiger charge is -2.43. The van der Waals surface area contributed by atoms with Crippen molar-refractivity contribution in [2.24, 2.45) is 0 Å². The van der Waals surface area contributed by atoms with Crippen LogP contribution in [0.1, 0.15) is 11.1 Å². The standard InChI is InChI=1S/C22H19N5O3S2/c1-2-11-26-17-10-6-4-8-15(17)22(19(26)29)27(16-9-5-3-7-14(16)12-30-22)18(28)13-31-21-25-24-20(23)32-21/h2-10H,1,11-13H2,(H2,23,24). The molecule has 0 aliphatic carbocycles. The van der Waals surface area contributed by atoms with Gasteiger partial charge >= 0.3 is 0 Å². The van der Waals surface area contributed by atoms with Gasteiger partial charge in [0, 0.05) is 17.7 Å². The second kappa shape index (κ2) is 8.05. The SMILES string of the molecule is C=CCN1C(=O)C2(OCc3ccccc3N2C(=O)CSc2nnc(N)s2)c2ccccc21. The van der Waals surface area contributed by atoms with Crippen LogP contribution in [0.25, 0.3) is 0 Å². The Balaban J connectivity index is 1.61. The number of amides is 2. The van der Waals surface area contributed by atoms with Gasteiger partial charge in [-0.1, -0.05) is 65.6 Å². The van der Waals surface area contributed by atoms with Crippen LogP contribution in [0.2, 0.25) is 0 Å². The number of carbonyl (C=O) groups is 2. The molecule has 0 saturated heterocycles. The summed E-state index contributed by atoms with van der Waals surface area (Å²) in [5, 5.41) is 8.10. The van der Waals surface area contributed by atoms with Crippen molar-refractivity contribution < 1.29 is 14.3 Å². The molecule has 2 aliphatic rings. The number of nitrogens with zero attached hydrogens (tertiary/aromatic N) is 4. The zero-order valence-electron chi connectivity index (χ0n) is 16.9. The van der Waals surface area contributed by atoms with Gasteiger partial charge in [0.2, 0.25) is 11.0 Å². The summed E-state index contributed by atoms with van der Waals surface area (Å²) in [7, 11) is 0. The van der Waals surface area contributed by atoms with E-state index in [0.717, 1.165) is 5.56 Å². The van der Waals surface area contributed by atoms with E-state index in [4.69, 9.17) is 10.5 Å². The van der Waals surface area contributed by atoms with Gasteiger partial charge in [0.1, 0.15) is 0 Å². The van der Waals surface area contributed by atoms with Gasteiger partial charge < -0.3 is 15.4 Å². The molecule has 0 fully saturated rings. The molecule has 3 aromatic rings. The molecule has 2 amide bonds. The van der Waals surface area contributed by atoms with E-state index in [2.05, 4.69) is 16.8 Å². The van der Waals surface area contributed by atoms with E-state index in [0.29, 0.717) is 33.0 Å². The highest BCUT2D eigenvalue weighted by Crippen LogP contribution is 2.50. The molecule has 3 heterocycles. The topological polar surface area (TPSA) is 102 Å². The molecule has 0 bridgehead atoms. The molecule has 2 aliphatic heterocycles. The number of thioether (sulfide) groups is 1. The normalized spacial score (nSPS) is 19.2. The summed E-state index contributed by atoms with van der Waals surface area (Å²) in [5.41, 5.74) is 6.92. The van der Waals surface area contributed by atoms with Gasteiger partial charge in [-0.25, -0.2) is 0 Å². The molecule has 162 valence electrons. The van der Waals surface area contributed by atoms with Crippen LogP contribution in [0.3, 0.4) is 0 Å². The van der Waals surface area contributed by atoms with Crippen LogP contribution in [0.15, 0.2) is 65.5 Å². The highest BCUT2D eigenvalue weighted by molar-refractivity contribution is 8.01. The smallest absolute Gasteiger partial charge is 0.286 e. The molecule has 2 aromatic carbocycles. The first-order chi connectivity index (χ1) is 15.6. The average Bonchev–Trinajstić information content (AvgIpc) is 3.33. The van der Waals surface area contributed by atoms with Crippen LogP contribution < -0.4 is 15.5 Å². The van der Waals surface area contributed by atoms with E-state index < -0.39 is 5.72 Å². The van der Waals surface area contributed by atoms with Crippen molar-refractivity contribution in [1.29, 1.82) is 0 Å². The molecule has 32 heavy (non-hydrogen) atoms. The Labute approximate surface area is 192 Å². The number of hydrogen-bond acceptors (Lipinski definition) is 8. The Morgan fingerprint density at radius 3 is 2.72 bits per heavy atom. The lowest BCUT2D eigenvalue weighted by molar-refractivity contribution is -0.152. The molecule has 1 unspecified atom stereocenters. The second-order valence-electron chi connectivity index (χ2n) is 7.21. The van der Waals surface area contributed by atoms with Crippen molar-refractivity contribution in [2.75, 3.05) is 27.8 Å². The van der Waals surface area contributed by atoms with Crippen LogP contribution in [0.5, 0.6) is 0 Å². The van der Waals surface area contributed by atoms with Gasteiger partial charge in [0.25, 0.3) is 11.6 Å². The maximum atomic E-state index is 13.8. The Bertz CT molecular complexity index is 1230. The van der Waals surface area contributed by atoms with Crippen molar-refractivity contribution in [3.63, 3.8) is 0 Å². The Kier molecular flexibility index (Phi) is 5.20. The fourth-order valence-electron chi connectivity index (χ4n) is 4.11. The summed E-state index contributed by atoms with van der Waals surface area (Å²) < 4.78 is 6.87.